The van der Waals surface area contributed by atoms with Crippen molar-refractivity contribution in [1.29, 1.82) is 0 Å². The van der Waals surface area contributed by atoms with Crippen LogP contribution in [-0.4, -0.2) is 40.7 Å². The number of hydrogen-bond donors (Lipinski definition) is 1. The molecule has 0 aliphatic carbocycles. The first-order valence-electron chi connectivity index (χ1n) is 7.48. The van der Waals surface area contributed by atoms with Gasteiger partial charge in [-0.15, -0.1) is 0 Å². The molecule has 3 aromatic rings. The van der Waals surface area contributed by atoms with Gasteiger partial charge in [-0.3, -0.25) is 9.59 Å². The molecule has 3 rings (SSSR count). The van der Waals surface area contributed by atoms with Crippen LogP contribution in [0.4, 0.5) is 0 Å². The molecule has 118 valence electrons. The predicted molar refractivity (Wildman–Crippen MR) is 90.4 cm³/mol. The fourth-order valence-electron chi connectivity index (χ4n) is 2.78. The highest BCUT2D eigenvalue weighted by atomic mass is 16.3. The number of fused-ring (bicyclic) bond motifs is 2. The van der Waals surface area contributed by atoms with Crippen molar-refractivity contribution in [3.8, 4) is 0 Å². The van der Waals surface area contributed by atoms with Crippen LogP contribution in [0.15, 0.2) is 53.3 Å². The number of rotatable bonds is 4. The van der Waals surface area contributed by atoms with E-state index in [2.05, 4.69) is 0 Å². The maximum absolute atomic E-state index is 12.6. The lowest BCUT2D eigenvalue weighted by Crippen LogP contribution is -2.33. The number of carbonyl (C=O) groups excluding carboxylic acids is 1. The van der Waals surface area contributed by atoms with E-state index in [1.54, 1.807) is 19.2 Å². The van der Waals surface area contributed by atoms with Gasteiger partial charge in [0.05, 0.1) is 17.6 Å². The standard InChI is InChI=1S/C18H18N2O3/c1-19(10-11-21)17(22)12-20-15-8-4-2-6-13(15)18(23)14-7-3-5-9-16(14)20/h2-9,21H,10-12H2,1H3. The van der Waals surface area contributed by atoms with Crippen LogP contribution in [0.1, 0.15) is 0 Å². The summed E-state index contributed by atoms with van der Waals surface area (Å²) in [5.74, 6) is -0.113. The average molecular weight is 310 g/mol. The molecule has 0 aliphatic rings. The molecule has 0 saturated carbocycles. The van der Waals surface area contributed by atoms with Gasteiger partial charge in [0.1, 0.15) is 6.54 Å². The molecule has 2 aromatic carbocycles. The molecule has 5 nitrogen and oxygen atoms in total. The minimum atomic E-state index is -0.113. The van der Waals surface area contributed by atoms with Gasteiger partial charge >= 0.3 is 0 Å². The van der Waals surface area contributed by atoms with Crippen molar-refractivity contribution in [2.24, 2.45) is 0 Å². The number of amides is 1. The van der Waals surface area contributed by atoms with Crippen LogP contribution in [0.25, 0.3) is 21.8 Å². The van der Waals surface area contributed by atoms with Crippen molar-refractivity contribution < 1.29 is 9.90 Å². The van der Waals surface area contributed by atoms with E-state index >= 15 is 0 Å². The zero-order chi connectivity index (χ0) is 16.4. The molecule has 0 bridgehead atoms. The summed E-state index contributed by atoms with van der Waals surface area (Å²) in [5.41, 5.74) is 1.45. The van der Waals surface area contributed by atoms with E-state index in [4.69, 9.17) is 5.11 Å². The Morgan fingerprint density at radius 3 is 2.09 bits per heavy atom. The van der Waals surface area contributed by atoms with Crippen molar-refractivity contribution in [3.05, 3.63) is 58.8 Å². The molecular weight excluding hydrogens is 292 g/mol. The van der Waals surface area contributed by atoms with E-state index in [1.807, 2.05) is 41.0 Å². The van der Waals surface area contributed by atoms with E-state index in [9.17, 15) is 9.59 Å². The highest BCUT2D eigenvalue weighted by Gasteiger charge is 2.14. The SMILES string of the molecule is CN(CCO)C(=O)Cn1c2ccccc2c(=O)c2ccccc21. The Morgan fingerprint density at radius 2 is 1.57 bits per heavy atom. The van der Waals surface area contributed by atoms with E-state index < -0.39 is 0 Å². The predicted octanol–water partition coefficient (Wildman–Crippen LogP) is 1.61. The summed E-state index contributed by atoms with van der Waals surface area (Å²) in [7, 11) is 1.66. The van der Waals surface area contributed by atoms with E-state index in [-0.39, 0.29) is 31.0 Å². The number of aliphatic hydroxyl groups excluding tert-OH is 1. The number of aromatic nitrogens is 1. The summed E-state index contributed by atoms with van der Waals surface area (Å²) in [5, 5.41) is 10.2. The number of aliphatic hydroxyl groups is 1. The monoisotopic (exact) mass is 310 g/mol. The molecule has 0 saturated heterocycles. The van der Waals surface area contributed by atoms with Crippen LogP contribution in [0.3, 0.4) is 0 Å². The highest BCUT2D eigenvalue weighted by molar-refractivity contribution is 5.94. The Morgan fingerprint density at radius 1 is 1.04 bits per heavy atom. The maximum Gasteiger partial charge on any atom is 0.242 e. The molecule has 0 radical (unpaired) electrons. The summed E-state index contributed by atoms with van der Waals surface area (Å²) in [4.78, 5) is 26.5. The van der Waals surface area contributed by atoms with Gasteiger partial charge in [0.25, 0.3) is 0 Å². The number of hydrogen-bond acceptors (Lipinski definition) is 3. The van der Waals surface area contributed by atoms with E-state index in [0.717, 1.165) is 11.0 Å². The lowest BCUT2D eigenvalue weighted by molar-refractivity contribution is -0.130. The number of para-hydroxylation sites is 2. The Kier molecular flexibility index (Phi) is 4.12. The summed E-state index contributed by atoms with van der Waals surface area (Å²) in [6, 6.07) is 14.6. The van der Waals surface area contributed by atoms with Crippen LogP contribution in [0.2, 0.25) is 0 Å². The number of nitrogens with zero attached hydrogens (tertiary/aromatic N) is 2. The van der Waals surface area contributed by atoms with Crippen molar-refractivity contribution >= 4 is 27.7 Å². The topological polar surface area (TPSA) is 62.5 Å². The van der Waals surface area contributed by atoms with Gasteiger partial charge in [0, 0.05) is 24.4 Å². The molecule has 0 aliphatic heterocycles. The molecule has 5 heteroatoms. The third-order valence-electron chi connectivity index (χ3n) is 4.03. The number of carbonyl (C=O) groups is 1. The lowest BCUT2D eigenvalue weighted by atomic mass is 10.1. The largest absolute Gasteiger partial charge is 0.395 e. The van der Waals surface area contributed by atoms with Crippen molar-refractivity contribution in [1.82, 2.24) is 9.47 Å². The van der Waals surface area contributed by atoms with Gasteiger partial charge in [0.2, 0.25) is 5.91 Å². The molecule has 1 heterocycles. The number of pyridine rings is 1. The third kappa shape index (κ3) is 2.71. The number of benzene rings is 2. The minimum Gasteiger partial charge on any atom is -0.395 e. The van der Waals surface area contributed by atoms with Crippen LogP contribution >= 0.6 is 0 Å². The average Bonchev–Trinajstić information content (AvgIpc) is 2.58. The highest BCUT2D eigenvalue weighted by Crippen LogP contribution is 2.19. The second kappa shape index (κ2) is 6.22. The first-order chi connectivity index (χ1) is 11.1. The first-order valence-corrected chi connectivity index (χ1v) is 7.48. The lowest BCUT2D eigenvalue weighted by Gasteiger charge is -2.19. The van der Waals surface area contributed by atoms with Crippen molar-refractivity contribution in [2.45, 2.75) is 6.54 Å². The van der Waals surface area contributed by atoms with Gasteiger partial charge in [-0.1, -0.05) is 24.3 Å². The molecule has 1 amide bonds. The smallest absolute Gasteiger partial charge is 0.242 e. The van der Waals surface area contributed by atoms with E-state index in [1.165, 1.54) is 4.90 Å². The molecule has 0 spiro atoms. The summed E-state index contributed by atoms with van der Waals surface area (Å²) >= 11 is 0. The fraction of sp³-hybridized carbons (Fsp3) is 0.222. The molecule has 1 N–H and O–H groups in total. The number of likely N-dealkylation sites (N-methyl/N-ethyl adjacent to an activating group) is 1. The molecule has 23 heavy (non-hydrogen) atoms. The van der Waals surface area contributed by atoms with Gasteiger partial charge in [-0.05, 0) is 24.3 Å². The Bertz CT molecular complexity index is 870. The summed E-state index contributed by atoms with van der Waals surface area (Å²) in [6.07, 6.45) is 0. The van der Waals surface area contributed by atoms with Gasteiger partial charge < -0.3 is 14.6 Å². The fourth-order valence-corrected chi connectivity index (χ4v) is 2.78. The van der Waals surface area contributed by atoms with Crippen LogP contribution in [-0.2, 0) is 11.3 Å². The Hall–Kier alpha value is -2.66. The first kappa shape index (κ1) is 15.2. The quantitative estimate of drug-likeness (QED) is 0.745. The van der Waals surface area contributed by atoms with Crippen LogP contribution < -0.4 is 5.43 Å². The van der Waals surface area contributed by atoms with Crippen molar-refractivity contribution in [3.63, 3.8) is 0 Å². The molecule has 1 aromatic heterocycles. The molecule has 0 atom stereocenters. The Labute approximate surface area is 133 Å². The third-order valence-corrected chi connectivity index (χ3v) is 4.03. The second-order valence-electron chi connectivity index (χ2n) is 5.49. The van der Waals surface area contributed by atoms with Crippen LogP contribution in [0.5, 0.6) is 0 Å². The van der Waals surface area contributed by atoms with E-state index in [0.29, 0.717) is 10.8 Å². The Balaban J connectivity index is 2.23. The van der Waals surface area contributed by atoms with Crippen LogP contribution in [0, 0.1) is 0 Å². The summed E-state index contributed by atoms with van der Waals surface area (Å²) < 4.78 is 1.86. The summed E-state index contributed by atoms with van der Waals surface area (Å²) in [6.45, 7) is 0.334. The zero-order valence-corrected chi connectivity index (χ0v) is 12.9. The molecule has 0 unspecified atom stereocenters. The van der Waals surface area contributed by atoms with Gasteiger partial charge in [-0.2, -0.15) is 0 Å². The minimum absolute atomic E-state index is 0.0244. The van der Waals surface area contributed by atoms with Crippen molar-refractivity contribution in [2.75, 3.05) is 20.2 Å². The second-order valence-corrected chi connectivity index (χ2v) is 5.49. The van der Waals surface area contributed by atoms with Gasteiger partial charge in [0.15, 0.2) is 5.43 Å². The normalized spacial score (nSPS) is 11.0. The maximum atomic E-state index is 12.6. The van der Waals surface area contributed by atoms with Gasteiger partial charge in [-0.25, -0.2) is 0 Å². The molecular formula is C18H18N2O3. The molecule has 0 fully saturated rings. The zero-order valence-electron chi connectivity index (χ0n) is 12.9.